The van der Waals surface area contributed by atoms with Gasteiger partial charge in [0.1, 0.15) is 12.7 Å². The van der Waals surface area contributed by atoms with Gasteiger partial charge in [-0.1, -0.05) is 6.07 Å². The van der Waals surface area contributed by atoms with E-state index in [2.05, 4.69) is 39.0 Å². The molecule has 0 spiro atoms. The largest absolute Gasteiger partial charge is 0.419 e. The minimum Gasteiger partial charge on any atom is -0.360 e. The fraction of sp³-hybridized carbons (Fsp3) is 0.536. The standard InChI is InChI=1S/C28H36F3N6O2P/c1-27(2)11-10-17-16-37(27)13-7-6-12-36(3)25(38)19-9-8-18-20(14-32-23(18)24(19)40(4,5)39)22-21(28(29,30)31)15-33-26(34-17)35-22/h8-9,14-15,17,32H,6-7,10-13,16H2,1-5H3,(H,33,34,35)/t17-/m1/s1. The van der Waals surface area contributed by atoms with Crippen LogP contribution < -0.4 is 10.6 Å². The number of nitrogens with one attached hydrogen (secondary N) is 2. The van der Waals surface area contributed by atoms with Crippen molar-refractivity contribution in [3.05, 3.63) is 35.7 Å². The van der Waals surface area contributed by atoms with Gasteiger partial charge in [0.2, 0.25) is 5.95 Å². The number of benzene rings is 1. The van der Waals surface area contributed by atoms with Gasteiger partial charge < -0.3 is 19.8 Å². The molecule has 1 unspecified atom stereocenters. The highest BCUT2D eigenvalue weighted by Gasteiger charge is 2.38. The predicted octanol–water partition coefficient (Wildman–Crippen LogP) is 5.41. The molecule has 0 aliphatic carbocycles. The second kappa shape index (κ2) is 10.2. The van der Waals surface area contributed by atoms with E-state index in [-0.39, 0.29) is 34.7 Å². The molecule has 0 saturated carbocycles. The first-order valence-corrected chi connectivity index (χ1v) is 16.2. The van der Waals surface area contributed by atoms with Crippen molar-refractivity contribution in [3.8, 4) is 11.3 Å². The van der Waals surface area contributed by atoms with Crippen LogP contribution in [0, 0.1) is 0 Å². The molecule has 6 rings (SSSR count). The first-order chi connectivity index (χ1) is 18.7. The van der Waals surface area contributed by atoms with E-state index in [9.17, 15) is 22.5 Å². The monoisotopic (exact) mass is 576 g/mol. The summed E-state index contributed by atoms with van der Waals surface area (Å²) in [5.41, 5.74) is -0.369. The zero-order chi connectivity index (χ0) is 29.0. The Morgan fingerprint density at radius 2 is 1.85 bits per heavy atom. The summed E-state index contributed by atoms with van der Waals surface area (Å²) >= 11 is 0. The Morgan fingerprint density at radius 1 is 1.12 bits per heavy atom. The summed E-state index contributed by atoms with van der Waals surface area (Å²) in [5, 5.41) is 4.05. The van der Waals surface area contributed by atoms with Crippen LogP contribution in [-0.4, -0.2) is 82.3 Å². The molecule has 2 N–H and O–H groups in total. The molecular formula is C28H36F3N6O2P. The van der Waals surface area contributed by atoms with Crippen LogP contribution in [0.5, 0.6) is 0 Å². The highest BCUT2D eigenvalue weighted by molar-refractivity contribution is 7.70. The summed E-state index contributed by atoms with van der Waals surface area (Å²) in [6, 6.07) is 3.16. The number of alkyl halides is 3. The third kappa shape index (κ3) is 5.38. The molecule has 1 saturated heterocycles. The van der Waals surface area contributed by atoms with Crippen molar-refractivity contribution >= 4 is 35.2 Å². The molecular weight excluding hydrogens is 540 g/mol. The van der Waals surface area contributed by atoms with Crippen molar-refractivity contribution in [1.82, 2.24) is 24.8 Å². The summed E-state index contributed by atoms with van der Waals surface area (Å²) in [6.07, 6.45) is 1.01. The number of halogens is 3. The maximum absolute atomic E-state index is 14.2. The number of fused-ring (bicyclic) bond motifs is 6. The highest BCUT2D eigenvalue weighted by Crippen LogP contribution is 2.43. The highest BCUT2D eigenvalue weighted by atomic mass is 31.2. The zero-order valence-electron chi connectivity index (χ0n) is 23.5. The number of hydrogen-bond acceptors (Lipinski definition) is 6. The fourth-order valence-electron chi connectivity index (χ4n) is 5.92. The minimum absolute atomic E-state index is 0.0241. The van der Waals surface area contributed by atoms with E-state index in [1.807, 2.05) is 0 Å². The number of aromatic nitrogens is 3. The van der Waals surface area contributed by atoms with Crippen LogP contribution in [0.4, 0.5) is 19.1 Å². The van der Waals surface area contributed by atoms with Gasteiger partial charge in [-0.25, -0.2) is 9.97 Å². The van der Waals surface area contributed by atoms with Gasteiger partial charge in [0.15, 0.2) is 0 Å². The van der Waals surface area contributed by atoms with E-state index in [4.69, 9.17) is 0 Å². The predicted molar refractivity (Wildman–Crippen MR) is 152 cm³/mol. The number of aromatic amines is 1. The summed E-state index contributed by atoms with van der Waals surface area (Å²) in [6.45, 7) is 9.60. The lowest BCUT2D eigenvalue weighted by Gasteiger charge is -2.46. The number of hydrogen-bond donors (Lipinski definition) is 2. The van der Waals surface area contributed by atoms with Crippen molar-refractivity contribution in [1.29, 1.82) is 0 Å². The Labute approximate surface area is 232 Å². The van der Waals surface area contributed by atoms with Crippen LogP contribution in [0.3, 0.4) is 0 Å². The van der Waals surface area contributed by atoms with Crippen LogP contribution in [0.2, 0.25) is 0 Å². The second-order valence-corrected chi connectivity index (χ2v) is 15.1. The topological polar surface area (TPSA) is 94.2 Å². The normalized spacial score (nSPS) is 22.3. The third-order valence-electron chi connectivity index (χ3n) is 8.20. The van der Waals surface area contributed by atoms with E-state index in [0.29, 0.717) is 34.9 Å². The maximum atomic E-state index is 14.2. The Kier molecular flexibility index (Phi) is 7.28. The molecule has 1 fully saturated rings. The Balaban J connectivity index is 1.71. The van der Waals surface area contributed by atoms with E-state index >= 15 is 0 Å². The number of carbonyl (C=O) groups is 1. The zero-order valence-corrected chi connectivity index (χ0v) is 24.4. The average molecular weight is 577 g/mol. The lowest BCUT2D eigenvalue weighted by atomic mass is 9.88. The lowest BCUT2D eigenvalue weighted by molar-refractivity contribution is -0.137. The SMILES string of the molecule is CN1CCCCN2C[C@@H](CCC2(C)C)Nc2ncc(C(F)(F)F)c(n2)-c2c[nH]c3c(P(C)(C)=O)c(ccc23)C1=O. The number of piperidine rings is 1. The molecule has 2 atom stereocenters. The summed E-state index contributed by atoms with van der Waals surface area (Å²) in [5.74, 6) is -0.130. The average Bonchev–Trinajstić information content (AvgIpc) is 3.29. The van der Waals surface area contributed by atoms with Gasteiger partial charge in [0.05, 0.1) is 16.8 Å². The molecule has 1 aromatic carbocycles. The molecule has 0 radical (unpaired) electrons. The molecule has 3 aliphatic heterocycles. The number of H-pyrrole nitrogens is 1. The van der Waals surface area contributed by atoms with E-state index in [1.165, 1.54) is 6.20 Å². The maximum Gasteiger partial charge on any atom is 0.419 e. The number of nitrogens with zero attached hydrogens (tertiary/aromatic N) is 4. The first kappa shape index (κ1) is 28.6. The van der Waals surface area contributed by atoms with Gasteiger partial charge in [-0.2, -0.15) is 13.2 Å². The van der Waals surface area contributed by atoms with Crippen molar-refractivity contribution in [2.45, 2.75) is 57.3 Å². The van der Waals surface area contributed by atoms with E-state index in [1.54, 1.807) is 37.4 Å². The smallest absolute Gasteiger partial charge is 0.360 e. The van der Waals surface area contributed by atoms with Gasteiger partial charge in [-0.3, -0.25) is 9.69 Å². The van der Waals surface area contributed by atoms with Gasteiger partial charge in [0.25, 0.3) is 5.91 Å². The molecule has 8 nitrogen and oxygen atoms in total. The molecule has 3 aliphatic rings. The third-order valence-corrected chi connectivity index (χ3v) is 9.74. The summed E-state index contributed by atoms with van der Waals surface area (Å²) < 4.78 is 56.0. The van der Waals surface area contributed by atoms with Crippen LogP contribution >= 0.6 is 7.14 Å². The molecule has 1 amide bonds. The number of amides is 1. The van der Waals surface area contributed by atoms with Crippen LogP contribution in [0.15, 0.2) is 24.5 Å². The molecule has 2 aromatic heterocycles. The van der Waals surface area contributed by atoms with Crippen molar-refractivity contribution in [2.24, 2.45) is 0 Å². The Bertz CT molecular complexity index is 1500. The van der Waals surface area contributed by atoms with Crippen molar-refractivity contribution < 1.29 is 22.5 Å². The number of anilines is 1. The van der Waals surface area contributed by atoms with E-state index in [0.717, 1.165) is 38.4 Å². The lowest BCUT2D eigenvalue weighted by Crippen LogP contribution is -2.54. The quantitative estimate of drug-likeness (QED) is 0.376. The second-order valence-electron chi connectivity index (χ2n) is 12.0. The van der Waals surface area contributed by atoms with Crippen molar-refractivity contribution in [2.75, 3.05) is 45.3 Å². The van der Waals surface area contributed by atoms with E-state index < -0.39 is 18.9 Å². The van der Waals surface area contributed by atoms with Crippen LogP contribution in [0.1, 0.15) is 55.5 Å². The number of rotatable bonds is 1. The molecule has 216 valence electrons. The van der Waals surface area contributed by atoms with Gasteiger partial charge in [0, 0.05) is 60.4 Å². The Hall–Kier alpha value is -2.91. The van der Waals surface area contributed by atoms with Gasteiger partial charge in [-0.15, -0.1) is 0 Å². The van der Waals surface area contributed by atoms with Crippen LogP contribution in [0.25, 0.3) is 22.2 Å². The fourth-order valence-corrected chi connectivity index (χ4v) is 7.39. The molecule has 3 aromatic rings. The summed E-state index contributed by atoms with van der Waals surface area (Å²) in [4.78, 5) is 29.1. The number of carbonyl (C=O) groups excluding carboxylic acids is 1. The minimum atomic E-state index is -4.69. The van der Waals surface area contributed by atoms with Gasteiger partial charge >= 0.3 is 6.18 Å². The molecule has 40 heavy (non-hydrogen) atoms. The first-order valence-electron chi connectivity index (χ1n) is 13.6. The molecule has 5 heterocycles. The molecule has 12 heteroatoms. The summed E-state index contributed by atoms with van der Waals surface area (Å²) in [7, 11) is -1.31. The Morgan fingerprint density at radius 3 is 2.55 bits per heavy atom. The molecule has 8 bridgehead atoms. The van der Waals surface area contributed by atoms with Crippen molar-refractivity contribution in [3.63, 3.8) is 0 Å². The van der Waals surface area contributed by atoms with Gasteiger partial charge in [-0.05, 0) is 65.5 Å². The van der Waals surface area contributed by atoms with Crippen LogP contribution in [-0.2, 0) is 10.7 Å².